The summed E-state index contributed by atoms with van der Waals surface area (Å²) in [4.78, 5) is 4.38. The summed E-state index contributed by atoms with van der Waals surface area (Å²) in [6, 6.07) is 6.39. The van der Waals surface area contributed by atoms with Crippen LogP contribution < -0.4 is 5.32 Å². The van der Waals surface area contributed by atoms with Gasteiger partial charge in [-0.1, -0.05) is 33.3 Å². The molecule has 2 rings (SSSR count). The molecule has 0 amide bonds. The molecule has 2 aromatic heterocycles. The number of aromatic nitrogens is 3. The van der Waals surface area contributed by atoms with E-state index >= 15 is 0 Å². The van der Waals surface area contributed by atoms with E-state index in [4.69, 9.17) is 0 Å². The van der Waals surface area contributed by atoms with Crippen molar-refractivity contribution in [3.63, 3.8) is 0 Å². The fourth-order valence-electron chi connectivity index (χ4n) is 2.05. The van der Waals surface area contributed by atoms with Crippen LogP contribution in [0.1, 0.15) is 38.4 Å². The third kappa shape index (κ3) is 3.41. The van der Waals surface area contributed by atoms with Crippen molar-refractivity contribution < 1.29 is 0 Å². The van der Waals surface area contributed by atoms with Crippen molar-refractivity contribution >= 4 is 0 Å². The Balaban J connectivity index is 2.29. The summed E-state index contributed by atoms with van der Waals surface area (Å²) in [5, 5.41) is 7.95. The summed E-state index contributed by atoms with van der Waals surface area (Å²) < 4.78 is 1.96. The molecule has 0 atom stereocenters. The lowest BCUT2D eigenvalue weighted by Crippen LogP contribution is -2.22. The zero-order chi connectivity index (χ0) is 13.7. The lowest BCUT2D eigenvalue weighted by Gasteiger charge is -2.10. The van der Waals surface area contributed by atoms with E-state index in [0.29, 0.717) is 6.04 Å². The first-order valence-corrected chi connectivity index (χ1v) is 6.93. The summed E-state index contributed by atoms with van der Waals surface area (Å²) >= 11 is 0. The predicted octanol–water partition coefficient (Wildman–Crippen LogP) is 2.72. The van der Waals surface area contributed by atoms with Crippen LogP contribution in [0.25, 0.3) is 5.82 Å². The monoisotopic (exact) mass is 258 g/mol. The molecule has 0 aliphatic carbocycles. The minimum Gasteiger partial charge on any atom is -0.310 e. The van der Waals surface area contributed by atoms with Gasteiger partial charge in [0.05, 0.1) is 11.9 Å². The van der Waals surface area contributed by atoms with Crippen LogP contribution in [-0.4, -0.2) is 20.8 Å². The molecule has 0 spiro atoms. The maximum atomic E-state index is 4.50. The van der Waals surface area contributed by atoms with Gasteiger partial charge < -0.3 is 5.32 Å². The fraction of sp³-hybridized carbons (Fsp3) is 0.467. The van der Waals surface area contributed by atoms with Crippen molar-refractivity contribution in [2.45, 2.75) is 46.2 Å². The number of nitrogens with zero attached hydrogens (tertiary/aromatic N) is 3. The smallest absolute Gasteiger partial charge is 0.153 e. The molecule has 0 radical (unpaired) electrons. The maximum absolute atomic E-state index is 4.50. The van der Waals surface area contributed by atoms with E-state index in [2.05, 4.69) is 36.2 Å². The summed E-state index contributed by atoms with van der Waals surface area (Å²) in [5.41, 5.74) is 2.52. The standard InChI is InChI=1S/C15H22N4/c1-4-7-14-13(10-17-12(2)3)11-18-19(14)15-8-5-6-9-16-15/h5-6,8-9,11-12,17H,4,7,10H2,1-3H3. The molecule has 0 aromatic carbocycles. The first kappa shape index (κ1) is 13.7. The van der Waals surface area contributed by atoms with Gasteiger partial charge in [0.25, 0.3) is 0 Å². The van der Waals surface area contributed by atoms with Crippen LogP contribution in [0.2, 0.25) is 0 Å². The highest BCUT2D eigenvalue weighted by Crippen LogP contribution is 2.15. The topological polar surface area (TPSA) is 42.7 Å². The van der Waals surface area contributed by atoms with Crippen LogP contribution in [0.15, 0.2) is 30.6 Å². The van der Waals surface area contributed by atoms with Crippen LogP contribution in [0.5, 0.6) is 0 Å². The zero-order valence-corrected chi connectivity index (χ0v) is 11.9. The van der Waals surface area contributed by atoms with Gasteiger partial charge in [0.2, 0.25) is 0 Å². The van der Waals surface area contributed by atoms with Crippen molar-refractivity contribution in [3.05, 3.63) is 41.9 Å². The minimum atomic E-state index is 0.479. The molecule has 0 saturated heterocycles. The van der Waals surface area contributed by atoms with E-state index in [1.165, 1.54) is 11.3 Å². The average molecular weight is 258 g/mol. The molecule has 0 aliphatic heterocycles. The van der Waals surface area contributed by atoms with E-state index in [0.717, 1.165) is 25.2 Å². The van der Waals surface area contributed by atoms with E-state index in [-0.39, 0.29) is 0 Å². The molecule has 102 valence electrons. The van der Waals surface area contributed by atoms with Gasteiger partial charge in [-0.05, 0) is 18.6 Å². The molecule has 2 aromatic rings. The van der Waals surface area contributed by atoms with Crippen LogP contribution >= 0.6 is 0 Å². The molecule has 0 unspecified atom stereocenters. The second kappa shape index (κ2) is 6.48. The molecule has 1 N–H and O–H groups in total. The molecule has 0 saturated carbocycles. The molecule has 0 bridgehead atoms. The highest BCUT2D eigenvalue weighted by atomic mass is 15.3. The third-order valence-electron chi connectivity index (χ3n) is 3.01. The van der Waals surface area contributed by atoms with E-state index in [1.807, 2.05) is 29.1 Å². The van der Waals surface area contributed by atoms with Gasteiger partial charge in [-0.2, -0.15) is 5.10 Å². The molecule has 0 aliphatic rings. The lowest BCUT2D eigenvalue weighted by molar-refractivity contribution is 0.585. The zero-order valence-electron chi connectivity index (χ0n) is 11.9. The highest BCUT2D eigenvalue weighted by Gasteiger charge is 2.12. The third-order valence-corrected chi connectivity index (χ3v) is 3.01. The van der Waals surface area contributed by atoms with Crippen LogP contribution in [0, 0.1) is 0 Å². The Morgan fingerprint density at radius 2 is 2.16 bits per heavy atom. The van der Waals surface area contributed by atoms with Gasteiger partial charge in [0.15, 0.2) is 5.82 Å². The first-order valence-electron chi connectivity index (χ1n) is 6.93. The second-order valence-electron chi connectivity index (χ2n) is 5.00. The Morgan fingerprint density at radius 1 is 1.32 bits per heavy atom. The number of pyridine rings is 1. The van der Waals surface area contributed by atoms with Crippen molar-refractivity contribution in [1.29, 1.82) is 0 Å². The summed E-state index contributed by atoms with van der Waals surface area (Å²) in [7, 11) is 0. The van der Waals surface area contributed by atoms with Crippen LogP contribution in [0.4, 0.5) is 0 Å². The van der Waals surface area contributed by atoms with Crippen LogP contribution in [-0.2, 0) is 13.0 Å². The van der Waals surface area contributed by atoms with Crippen LogP contribution in [0.3, 0.4) is 0 Å². The van der Waals surface area contributed by atoms with Gasteiger partial charge in [0, 0.05) is 24.3 Å². The number of hydrogen-bond acceptors (Lipinski definition) is 3. The van der Waals surface area contributed by atoms with E-state index in [9.17, 15) is 0 Å². The van der Waals surface area contributed by atoms with Crippen molar-refractivity contribution in [1.82, 2.24) is 20.1 Å². The van der Waals surface area contributed by atoms with Gasteiger partial charge in [-0.25, -0.2) is 9.67 Å². The molecule has 4 heteroatoms. The molecular weight excluding hydrogens is 236 g/mol. The molecule has 0 fully saturated rings. The Labute approximate surface area is 114 Å². The van der Waals surface area contributed by atoms with Gasteiger partial charge in [-0.3, -0.25) is 0 Å². The quantitative estimate of drug-likeness (QED) is 0.866. The highest BCUT2D eigenvalue weighted by molar-refractivity contribution is 5.29. The lowest BCUT2D eigenvalue weighted by atomic mass is 10.1. The molecule has 4 nitrogen and oxygen atoms in total. The molecule has 19 heavy (non-hydrogen) atoms. The largest absolute Gasteiger partial charge is 0.310 e. The summed E-state index contributed by atoms with van der Waals surface area (Å²) in [6.07, 6.45) is 5.88. The van der Waals surface area contributed by atoms with Gasteiger partial charge in [0.1, 0.15) is 0 Å². The van der Waals surface area contributed by atoms with Gasteiger partial charge in [-0.15, -0.1) is 0 Å². The normalized spacial score (nSPS) is 11.2. The Morgan fingerprint density at radius 3 is 2.79 bits per heavy atom. The fourth-order valence-corrected chi connectivity index (χ4v) is 2.05. The predicted molar refractivity (Wildman–Crippen MR) is 77.3 cm³/mol. The Bertz CT molecular complexity index is 502. The summed E-state index contributed by atoms with van der Waals surface area (Å²) in [6.45, 7) is 7.36. The Kier molecular flexibility index (Phi) is 4.68. The van der Waals surface area contributed by atoms with E-state index in [1.54, 1.807) is 6.20 Å². The molecule has 2 heterocycles. The van der Waals surface area contributed by atoms with Crippen molar-refractivity contribution in [2.24, 2.45) is 0 Å². The van der Waals surface area contributed by atoms with Gasteiger partial charge >= 0.3 is 0 Å². The second-order valence-corrected chi connectivity index (χ2v) is 5.00. The minimum absolute atomic E-state index is 0.479. The number of nitrogens with one attached hydrogen (secondary N) is 1. The Hall–Kier alpha value is -1.68. The summed E-state index contributed by atoms with van der Waals surface area (Å²) in [5.74, 6) is 0.891. The number of rotatable bonds is 6. The maximum Gasteiger partial charge on any atom is 0.153 e. The first-order chi connectivity index (χ1) is 9.22. The average Bonchev–Trinajstić information content (AvgIpc) is 2.81. The number of hydrogen-bond donors (Lipinski definition) is 1. The SMILES string of the molecule is CCCc1c(CNC(C)C)cnn1-c1ccccn1. The van der Waals surface area contributed by atoms with Crippen molar-refractivity contribution in [3.8, 4) is 5.82 Å². The van der Waals surface area contributed by atoms with E-state index < -0.39 is 0 Å². The van der Waals surface area contributed by atoms with Crippen molar-refractivity contribution in [2.75, 3.05) is 0 Å². The molecular formula is C15H22N4.